The first-order valence-electron chi connectivity index (χ1n) is 29.7. The second-order valence-corrected chi connectivity index (χ2v) is 22.9. The van der Waals surface area contributed by atoms with Crippen LogP contribution in [-0.2, 0) is 5.41 Å². The average molecular weight is 1100 g/mol. The molecule has 0 saturated heterocycles. The molecule has 0 unspecified atom stereocenters. The highest BCUT2D eigenvalue weighted by Crippen LogP contribution is 2.60. The number of anilines is 9. The summed E-state index contributed by atoms with van der Waals surface area (Å²) in [5.41, 5.74) is 23.4. The fraction of sp³-hybridized carbons (Fsp3) is 0.0361. The standard InChI is InChI=1S/C83H61N3/c1-83(2)78-56-72(84(66-34-11-5-12-35-66)68-50-46-60(47-51-68)58-24-7-3-8-25-58)57-80(81(78)77-44-23-45-79(82(77)83)85(67-36-13-6-14-37-67)69-52-48-61(49-53-69)59-26-9-4-10-27-59)86(70-38-19-32-64(54-70)75-42-21-30-62-28-15-17-40-73(62)75)71-39-20-33-65(55-71)76-43-22-31-63-29-16-18-41-74(63)76/h3-57H,1-2H3. The number of hydrogen-bond acceptors (Lipinski definition) is 3. The van der Waals surface area contributed by atoms with Gasteiger partial charge in [0.05, 0.1) is 11.4 Å². The second-order valence-electron chi connectivity index (χ2n) is 22.9. The lowest BCUT2D eigenvalue weighted by Crippen LogP contribution is -2.21. The molecule has 3 heteroatoms. The highest BCUT2D eigenvalue weighted by atomic mass is 15.2. The maximum absolute atomic E-state index is 2.54. The first kappa shape index (κ1) is 51.8. The summed E-state index contributed by atoms with van der Waals surface area (Å²) >= 11 is 0. The van der Waals surface area contributed by atoms with Crippen molar-refractivity contribution >= 4 is 72.7 Å². The number of fused-ring (bicyclic) bond motifs is 5. The first-order valence-corrected chi connectivity index (χ1v) is 29.7. The first-order chi connectivity index (χ1) is 42.4. The Bertz CT molecular complexity index is 4630. The van der Waals surface area contributed by atoms with Crippen LogP contribution in [0, 0.1) is 0 Å². The molecule has 0 radical (unpaired) electrons. The number of benzene rings is 14. The summed E-state index contributed by atoms with van der Waals surface area (Å²) in [6.07, 6.45) is 0. The minimum absolute atomic E-state index is 0.524. The predicted octanol–water partition coefficient (Wildman–Crippen LogP) is 23.4. The van der Waals surface area contributed by atoms with Crippen LogP contribution in [0.1, 0.15) is 25.0 Å². The number of hydrogen-bond donors (Lipinski definition) is 0. The van der Waals surface area contributed by atoms with E-state index < -0.39 is 5.41 Å². The van der Waals surface area contributed by atoms with E-state index in [9.17, 15) is 0 Å². The molecule has 0 aromatic heterocycles. The molecule has 1 aliphatic rings. The molecular formula is C83H61N3. The van der Waals surface area contributed by atoms with E-state index in [1.807, 2.05) is 0 Å². The van der Waals surface area contributed by atoms with Crippen LogP contribution in [0.5, 0.6) is 0 Å². The molecule has 0 N–H and O–H groups in total. The summed E-state index contributed by atoms with van der Waals surface area (Å²) < 4.78 is 0. The van der Waals surface area contributed by atoms with Crippen molar-refractivity contribution in [3.63, 3.8) is 0 Å². The molecule has 0 saturated carbocycles. The van der Waals surface area contributed by atoms with Crippen LogP contribution in [0.2, 0.25) is 0 Å². The topological polar surface area (TPSA) is 9.72 Å². The van der Waals surface area contributed by atoms with Crippen molar-refractivity contribution in [3.05, 3.63) is 345 Å². The van der Waals surface area contributed by atoms with Gasteiger partial charge in [-0.25, -0.2) is 0 Å². The van der Waals surface area contributed by atoms with Crippen LogP contribution >= 0.6 is 0 Å². The van der Waals surface area contributed by atoms with Crippen molar-refractivity contribution in [2.75, 3.05) is 14.7 Å². The molecule has 0 aliphatic heterocycles. The van der Waals surface area contributed by atoms with E-state index in [2.05, 4.69) is 362 Å². The smallest absolute Gasteiger partial charge is 0.0564 e. The van der Waals surface area contributed by atoms with E-state index in [4.69, 9.17) is 0 Å². The van der Waals surface area contributed by atoms with Gasteiger partial charge in [0.1, 0.15) is 0 Å². The van der Waals surface area contributed by atoms with Crippen molar-refractivity contribution in [1.29, 1.82) is 0 Å². The minimum atomic E-state index is -0.524. The summed E-state index contributed by atoms with van der Waals surface area (Å²) in [5, 5.41) is 4.86. The van der Waals surface area contributed by atoms with E-state index in [0.717, 1.165) is 62.3 Å². The molecule has 0 heterocycles. The van der Waals surface area contributed by atoms with Gasteiger partial charge in [0.25, 0.3) is 0 Å². The monoisotopic (exact) mass is 1100 g/mol. The van der Waals surface area contributed by atoms with Crippen molar-refractivity contribution < 1.29 is 0 Å². The van der Waals surface area contributed by atoms with E-state index in [1.165, 1.54) is 77.2 Å². The number of nitrogens with zero attached hydrogens (tertiary/aromatic N) is 3. The maximum atomic E-state index is 2.54. The molecule has 408 valence electrons. The number of rotatable bonds is 13. The highest BCUT2D eigenvalue weighted by molar-refractivity contribution is 6.04. The zero-order valence-corrected chi connectivity index (χ0v) is 48.1. The molecule has 0 bridgehead atoms. The minimum Gasteiger partial charge on any atom is -0.310 e. The zero-order valence-electron chi connectivity index (χ0n) is 48.1. The summed E-state index contributed by atoms with van der Waals surface area (Å²) in [5.74, 6) is 0. The molecule has 1 aliphatic carbocycles. The van der Waals surface area contributed by atoms with Gasteiger partial charge < -0.3 is 14.7 Å². The van der Waals surface area contributed by atoms with Crippen LogP contribution in [0.3, 0.4) is 0 Å². The molecule has 0 spiro atoms. The van der Waals surface area contributed by atoms with Gasteiger partial charge in [-0.05, 0) is 174 Å². The summed E-state index contributed by atoms with van der Waals surface area (Å²) in [7, 11) is 0. The second kappa shape index (κ2) is 22.0. The lowest BCUT2D eigenvalue weighted by Gasteiger charge is -2.34. The van der Waals surface area contributed by atoms with Gasteiger partial charge in [0, 0.05) is 50.8 Å². The normalized spacial score (nSPS) is 12.2. The van der Waals surface area contributed by atoms with E-state index in [-0.39, 0.29) is 0 Å². The summed E-state index contributed by atoms with van der Waals surface area (Å²) in [6.45, 7) is 4.87. The Morgan fingerprint density at radius 3 is 1.12 bits per heavy atom. The molecule has 0 fully saturated rings. The molecule has 86 heavy (non-hydrogen) atoms. The molecule has 3 nitrogen and oxygen atoms in total. The molecular weight excluding hydrogens is 1040 g/mol. The van der Waals surface area contributed by atoms with E-state index >= 15 is 0 Å². The lowest BCUT2D eigenvalue weighted by molar-refractivity contribution is 0.661. The van der Waals surface area contributed by atoms with Gasteiger partial charge in [0.15, 0.2) is 0 Å². The molecule has 0 amide bonds. The largest absolute Gasteiger partial charge is 0.310 e. The SMILES string of the molecule is CC1(C)c2cc(N(c3ccccc3)c3ccc(-c4ccccc4)cc3)cc(N(c3cccc(-c4cccc5ccccc45)c3)c3cccc(-c4cccc5ccccc45)c3)c2-c2cccc(N(c3ccccc3)c3ccc(-c4ccccc4)cc3)c21. The average Bonchev–Trinajstić information content (AvgIpc) is 1.57. The highest BCUT2D eigenvalue weighted by Gasteiger charge is 2.42. The maximum Gasteiger partial charge on any atom is 0.0564 e. The Morgan fingerprint density at radius 2 is 0.593 bits per heavy atom. The molecule has 14 aromatic carbocycles. The Hall–Kier alpha value is -11.0. The predicted molar refractivity (Wildman–Crippen MR) is 365 cm³/mol. The van der Waals surface area contributed by atoms with Gasteiger partial charge in [-0.1, -0.05) is 257 Å². The van der Waals surface area contributed by atoms with Gasteiger partial charge in [-0.15, -0.1) is 0 Å². The van der Waals surface area contributed by atoms with Crippen LogP contribution in [0.15, 0.2) is 334 Å². The Balaban J connectivity index is 1.01. The van der Waals surface area contributed by atoms with Crippen molar-refractivity contribution in [2.45, 2.75) is 19.3 Å². The van der Waals surface area contributed by atoms with Crippen molar-refractivity contribution in [3.8, 4) is 55.6 Å². The Labute approximate surface area is 504 Å². The third-order valence-corrected chi connectivity index (χ3v) is 17.4. The van der Waals surface area contributed by atoms with E-state index in [1.54, 1.807) is 0 Å². The third-order valence-electron chi connectivity index (χ3n) is 17.4. The molecule has 0 atom stereocenters. The lowest BCUT2D eigenvalue weighted by atomic mass is 9.80. The Kier molecular flexibility index (Phi) is 13.2. The van der Waals surface area contributed by atoms with Gasteiger partial charge in [-0.2, -0.15) is 0 Å². The van der Waals surface area contributed by atoms with Crippen LogP contribution in [-0.4, -0.2) is 0 Å². The molecule has 15 rings (SSSR count). The van der Waals surface area contributed by atoms with Crippen LogP contribution in [0.4, 0.5) is 51.2 Å². The molecule has 14 aromatic rings. The van der Waals surface area contributed by atoms with Gasteiger partial charge in [0.2, 0.25) is 0 Å². The van der Waals surface area contributed by atoms with E-state index in [0.29, 0.717) is 0 Å². The van der Waals surface area contributed by atoms with Crippen molar-refractivity contribution in [2.24, 2.45) is 0 Å². The van der Waals surface area contributed by atoms with Gasteiger partial charge >= 0.3 is 0 Å². The fourth-order valence-electron chi connectivity index (χ4n) is 13.3. The fourth-order valence-corrected chi connectivity index (χ4v) is 13.3. The van der Waals surface area contributed by atoms with Crippen LogP contribution in [0.25, 0.3) is 77.2 Å². The number of para-hydroxylation sites is 2. The Morgan fingerprint density at radius 1 is 0.233 bits per heavy atom. The third kappa shape index (κ3) is 9.37. The summed E-state index contributed by atoms with van der Waals surface area (Å²) in [6, 6.07) is 122. The zero-order chi connectivity index (χ0) is 57.6. The van der Waals surface area contributed by atoms with Gasteiger partial charge in [-0.3, -0.25) is 0 Å². The summed E-state index contributed by atoms with van der Waals surface area (Å²) in [4.78, 5) is 7.45. The van der Waals surface area contributed by atoms with Crippen LogP contribution < -0.4 is 14.7 Å². The van der Waals surface area contributed by atoms with Crippen molar-refractivity contribution in [1.82, 2.24) is 0 Å². The quantitative estimate of drug-likeness (QED) is 0.114.